The first-order valence-electron chi connectivity index (χ1n) is 4.01. The van der Waals surface area contributed by atoms with Crippen LogP contribution >= 0.6 is 11.3 Å². The Labute approximate surface area is 79.0 Å². The number of hydrogen-bond donors (Lipinski definition) is 0. The lowest BCUT2D eigenvalue weighted by atomic mass is 10.3. The quantitative estimate of drug-likeness (QED) is 0.739. The van der Waals surface area contributed by atoms with Crippen molar-refractivity contribution in [1.82, 2.24) is 5.16 Å². The molecule has 0 unspecified atom stereocenters. The summed E-state index contributed by atoms with van der Waals surface area (Å²) < 4.78 is 17.7. The van der Waals surface area contributed by atoms with Gasteiger partial charge in [-0.2, -0.15) is 4.39 Å². The van der Waals surface area contributed by atoms with Gasteiger partial charge >= 0.3 is 0 Å². The van der Waals surface area contributed by atoms with E-state index in [0.717, 1.165) is 28.4 Å². The fraction of sp³-hybridized carbons (Fsp3) is 0.222. The van der Waals surface area contributed by atoms with Crippen molar-refractivity contribution in [2.45, 2.75) is 13.3 Å². The molecule has 0 N–H and O–H groups in total. The van der Waals surface area contributed by atoms with Crippen LogP contribution in [0.3, 0.4) is 0 Å². The molecule has 4 heteroatoms. The molecule has 2 aromatic heterocycles. The molecule has 2 aromatic rings. The molecule has 2 heterocycles. The normalized spacial score (nSPS) is 10.6. The molecular weight excluding hydrogens is 189 g/mol. The van der Waals surface area contributed by atoms with Crippen LogP contribution in [-0.4, -0.2) is 5.16 Å². The number of halogens is 1. The molecule has 0 aliphatic heterocycles. The summed E-state index contributed by atoms with van der Waals surface area (Å²) in [7, 11) is 0. The van der Waals surface area contributed by atoms with E-state index in [4.69, 9.17) is 4.52 Å². The second kappa shape index (κ2) is 3.30. The number of hydrogen-bond acceptors (Lipinski definition) is 3. The van der Waals surface area contributed by atoms with Gasteiger partial charge in [0.2, 0.25) is 0 Å². The number of aryl methyl sites for hydroxylation is 1. The third-order valence-corrected chi connectivity index (χ3v) is 2.63. The minimum absolute atomic E-state index is 0.198. The zero-order chi connectivity index (χ0) is 9.26. The third kappa shape index (κ3) is 1.62. The van der Waals surface area contributed by atoms with E-state index in [-0.39, 0.29) is 5.13 Å². The Hall–Kier alpha value is -1.16. The maximum Gasteiger partial charge on any atom is 0.177 e. The van der Waals surface area contributed by atoms with Crippen LogP contribution in [0.1, 0.15) is 12.7 Å². The summed E-state index contributed by atoms with van der Waals surface area (Å²) in [6, 6.07) is 4.98. The molecule has 13 heavy (non-hydrogen) atoms. The average molecular weight is 197 g/mol. The second-order valence-electron chi connectivity index (χ2n) is 2.64. The van der Waals surface area contributed by atoms with Crippen LogP contribution in [0.15, 0.2) is 22.7 Å². The van der Waals surface area contributed by atoms with Gasteiger partial charge in [-0.15, -0.1) is 11.3 Å². The van der Waals surface area contributed by atoms with E-state index in [1.165, 1.54) is 6.07 Å². The molecule has 0 fully saturated rings. The average Bonchev–Trinajstić information content (AvgIpc) is 2.71. The van der Waals surface area contributed by atoms with Crippen LogP contribution in [0.5, 0.6) is 0 Å². The molecule has 0 saturated heterocycles. The summed E-state index contributed by atoms with van der Waals surface area (Å²) in [5.74, 6) is 0.823. The standard InChI is InChI=1S/C9H8FNOS/c1-2-6-5-7(11-12-6)8-3-4-9(10)13-8/h3-5H,2H2,1H3. The van der Waals surface area contributed by atoms with Crippen molar-refractivity contribution in [3.05, 3.63) is 29.1 Å². The highest BCUT2D eigenvalue weighted by molar-refractivity contribution is 7.13. The van der Waals surface area contributed by atoms with Gasteiger partial charge in [-0.3, -0.25) is 0 Å². The highest BCUT2D eigenvalue weighted by Crippen LogP contribution is 2.26. The van der Waals surface area contributed by atoms with E-state index in [1.54, 1.807) is 6.07 Å². The number of nitrogens with zero attached hydrogens (tertiary/aromatic N) is 1. The fourth-order valence-electron chi connectivity index (χ4n) is 1.05. The first-order chi connectivity index (χ1) is 6.29. The van der Waals surface area contributed by atoms with E-state index >= 15 is 0 Å². The molecule has 0 atom stereocenters. The van der Waals surface area contributed by atoms with Gasteiger partial charge in [0.15, 0.2) is 5.13 Å². The van der Waals surface area contributed by atoms with Crippen LogP contribution < -0.4 is 0 Å². The second-order valence-corrected chi connectivity index (χ2v) is 3.67. The predicted molar refractivity (Wildman–Crippen MR) is 49.2 cm³/mol. The molecule has 0 saturated carbocycles. The van der Waals surface area contributed by atoms with Crippen molar-refractivity contribution >= 4 is 11.3 Å². The zero-order valence-corrected chi connectivity index (χ0v) is 7.90. The topological polar surface area (TPSA) is 26.0 Å². The molecule has 0 radical (unpaired) electrons. The number of rotatable bonds is 2. The van der Waals surface area contributed by atoms with Gasteiger partial charge in [0.05, 0.1) is 4.88 Å². The maximum atomic E-state index is 12.7. The van der Waals surface area contributed by atoms with Crippen molar-refractivity contribution in [3.8, 4) is 10.6 Å². The lowest BCUT2D eigenvalue weighted by Crippen LogP contribution is -1.68. The minimum atomic E-state index is -0.198. The van der Waals surface area contributed by atoms with Crippen LogP contribution in [0.4, 0.5) is 4.39 Å². The van der Waals surface area contributed by atoms with Gasteiger partial charge in [-0.05, 0) is 12.1 Å². The Bertz CT molecular complexity index is 407. The van der Waals surface area contributed by atoms with Crippen LogP contribution in [0.25, 0.3) is 10.6 Å². The Balaban J connectivity index is 2.35. The van der Waals surface area contributed by atoms with Crippen molar-refractivity contribution < 1.29 is 8.91 Å². The molecule has 0 spiro atoms. The van der Waals surface area contributed by atoms with Gasteiger partial charge < -0.3 is 4.52 Å². The lowest BCUT2D eigenvalue weighted by molar-refractivity contribution is 0.389. The van der Waals surface area contributed by atoms with Gasteiger partial charge in [0, 0.05) is 12.5 Å². The van der Waals surface area contributed by atoms with Gasteiger partial charge in [-0.1, -0.05) is 12.1 Å². The summed E-state index contributed by atoms with van der Waals surface area (Å²) >= 11 is 1.08. The Morgan fingerprint density at radius 2 is 2.38 bits per heavy atom. The SMILES string of the molecule is CCc1cc(-c2ccc(F)s2)no1. The molecule has 2 rings (SSSR count). The summed E-state index contributed by atoms with van der Waals surface area (Å²) in [4.78, 5) is 0.806. The van der Waals surface area contributed by atoms with E-state index in [0.29, 0.717) is 5.69 Å². The smallest absolute Gasteiger partial charge is 0.177 e. The fourth-order valence-corrected chi connectivity index (χ4v) is 1.73. The van der Waals surface area contributed by atoms with E-state index in [1.807, 2.05) is 13.0 Å². The minimum Gasteiger partial charge on any atom is -0.361 e. The zero-order valence-electron chi connectivity index (χ0n) is 7.08. The first-order valence-corrected chi connectivity index (χ1v) is 4.82. The highest BCUT2D eigenvalue weighted by atomic mass is 32.1. The van der Waals surface area contributed by atoms with Crippen molar-refractivity contribution in [1.29, 1.82) is 0 Å². The summed E-state index contributed by atoms with van der Waals surface area (Å²) in [5.41, 5.74) is 0.714. The predicted octanol–water partition coefficient (Wildman–Crippen LogP) is 3.10. The third-order valence-electron chi connectivity index (χ3n) is 1.73. The Morgan fingerprint density at radius 3 is 2.92 bits per heavy atom. The maximum absolute atomic E-state index is 12.7. The molecule has 0 aromatic carbocycles. The Morgan fingerprint density at radius 1 is 1.54 bits per heavy atom. The first kappa shape index (κ1) is 8.44. The van der Waals surface area contributed by atoms with Crippen molar-refractivity contribution in [2.75, 3.05) is 0 Å². The van der Waals surface area contributed by atoms with Crippen LogP contribution in [0.2, 0.25) is 0 Å². The Kier molecular flexibility index (Phi) is 2.14. The molecular formula is C9H8FNOS. The molecule has 0 amide bonds. The van der Waals surface area contributed by atoms with Gasteiger partial charge in [-0.25, -0.2) is 0 Å². The van der Waals surface area contributed by atoms with Crippen molar-refractivity contribution in [2.24, 2.45) is 0 Å². The van der Waals surface area contributed by atoms with E-state index < -0.39 is 0 Å². The van der Waals surface area contributed by atoms with Crippen LogP contribution in [-0.2, 0) is 6.42 Å². The van der Waals surface area contributed by atoms with Gasteiger partial charge in [0.25, 0.3) is 0 Å². The van der Waals surface area contributed by atoms with Gasteiger partial charge in [0.1, 0.15) is 11.5 Å². The number of thiophene rings is 1. The van der Waals surface area contributed by atoms with E-state index in [9.17, 15) is 4.39 Å². The summed E-state index contributed by atoms with van der Waals surface area (Å²) in [6.07, 6.45) is 0.806. The molecule has 2 nitrogen and oxygen atoms in total. The summed E-state index contributed by atoms with van der Waals surface area (Å²) in [6.45, 7) is 1.99. The summed E-state index contributed by atoms with van der Waals surface area (Å²) in [5, 5.41) is 3.64. The van der Waals surface area contributed by atoms with Crippen molar-refractivity contribution in [3.63, 3.8) is 0 Å². The molecule has 0 bridgehead atoms. The van der Waals surface area contributed by atoms with Crippen LogP contribution in [0, 0.1) is 5.13 Å². The molecule has 0 aliphatic carbocycles. The number of aromatic nitrogens is 1. The molecule has 0 aliphatic rings. The lowest BCUT2D eigenvalue weighted by Gasteiger charge is -1.82. The van der Waals surface area contributed by atoms with E-state index in [2.05, 4.69) is 5.16 Å². The largest absolute Gasteiger partial charge is 0.361 e. The highest BCUT2D eigenvalue weighted by Gasteiger charge is 2.07. The monoisotopic (exact) mass is 197 g/mol. The molecule has 68 valence electrons.